The van der Waals surface area contributed by atoms with Crippen LogP contribution in [-0.4, -0.2) is 47.8 Å². The van der Waals surface area contributed by atoms with E-state index >= 15 is 0 Å². The molecule has 0 aliphatic carbocycles. The molecule has 1 unspecified atom stereocenters. The number of nitrogens with one attached hydrogen (secondary N) is 1. The molecule has 1 atom stereocenters. The van der Waals surface area contributed by atoms with Crippen LogP contribution in [0.2, 0.25) is 5.02 Å². The maximum Gasteiger partial charge on any atom is 0.328 e. The van der Waals surface area contributed by atoms with Crippen molar-refractivity contribution in [3.05, 3.63) is 28.8 Å². The van der Waals surface area contributed by atoms with Crippen LogP contribution < -0.4 is 5.32 Å². The van der Waals surface area contributed by atoms with Crippen molar-refractivity contribution in [2.45, 2.75) is 6.04 Å². The number of carbonyl (C=O) groups excluding carboxylic acids is 1. The van der Waals surface area contributed by atoms with Gasteiger partial charge in [0.05, 0.1) is 35.6 Å². The topological polar surface area (TPSA) is 103 Å². The first-order valence-corrected chi connectivity index (χ1v) is 6.48. The summed E-state index contributed by atoms with van der Waals surface area (Å²) in [5, 5.41) is 20.6. The van der Waals surface area contributed by atoms with E-state index in [9.17, 15) is 9.59 Å². The molecule has 2 N–H and O–H groups in total. The highest BCUT2D eigenvalue weighted by Crippen LogP contribution is 2.23. The third kappa shape index (κ3) is 3.42. The van der Waals surface area contributed by atoms with E-state index in [-0.39, 0.29) is 24.8 Å². The second kappa shape index (κ2) is 6.43. The number of morpholine rings is 1. The first kappa shape index (κ1) is 15.1. The zero-order valence-corrected chi connectivity index (χ0v) is 11.6. The smallest absolute Gasteiger partial charge is 0.328 e. The highest BCUT2D eigenvalue weighted by Gasteiger charge is 2.32. The minimum absolute atomic E-state index is 0.0517. The molecular formula is C13H12ClN3O4. The molecule has 0 aromatic heterocycles. The van der Waals surface area contributed by atoms with E-state index in [4.69, 9.17) is 26.7 Å². The summed E-state index contributed by atoms with van der Waals surface area (Å²) >= 11 is 5.96. The van der Waals surface area contributed by atoms with Gasteiger partial charge in [0.1, 0.15) is 0 Å². The van der Waals surface area contributed by atoms with E-state index in [0.717, 1.165) is 0 Å². The summed E-state index contributed by atoms with van der Waals surface area (Å²) in [6.07, 6.45) is 0. The van der Waals surface area contributed by atoms with Gasteiger partial charge in [0.25, 0.3) is 0 Å². The second-order valence-corrected chi connectivity index (χ2v) is 4.77. The van der Waals surface area contributed by atoms with Crippen molar-refractivity contribution < 1.29 is 19.4 Å². The Balaban J connectivity index is 2.13. The Hall–Kier alpha value is -2.30. The third-order valence-electron chi connectivity index (χ3n) is 3.01. The van der Waals surface area contributed by atoms with Gasteiger partial charge in [-0.3, -0.25) is 0 Å². The number of amides is 2. The van der Waals surface area contributed by atoms with Crippen LogP contribution in [0.25, 0.3) is 0 Å². The zero-order chi connectivity index (χ0) is 15.4. The molecule has 1 fully saturated rings. The molecule has 0 saturated carbocycles. The van der Waals surface area contributed by atoms with Gasteiger partial charge in [0.2, 0.25) is 0 Å². The number of nitriles is 1. The van der Waals surface area contributed by atoms with Gasteiger partial charge in [-0.2, -0.15) is 5.26 Å². The van der Waals surface area contributed by atoms with Gasteiger partial charge in [0.15, 0.2) is 6.04 Å². The lowest BCUT2D eigenvalue weighted by atomic mass is 10.2. The molecule has 0 spiro atoms. The fourth-order valence-electron chi connectivity index (χ4n) is 1.92. The molecule has 1 aliphatic rings. The number of nitrogens with zero attached hydrogens (tertiary/aromatic N) is 2. The molecule has 0 bridgehead atoms. The number of hydrogen-bond acceptors (Lipinski definition) is 4. The van der Waals surface area contributed by atoms with Gasteiger partial charge in [0, 0.05) is 6.54 Å². The Labute approximate surface area is 125 Å². The van der Waals surface area contributed by atoms with E-state index in [1.165, 1.54) is 23.1 Å². The summed E-state index contributed by atoms with van der Waals surface area (Å²) in [7, 11) is 0. The standard InChI is InChI=1S/C13H12ClN3O4/c14-9-5-8(6-15)1-2-10(9)16-13(20)17-3-4-21-7-11(17)12(18)19/h1-2,5,11H,3-4,7H2,(H,16,20)(H,18,19). The average molecular weight is 310 g/mol. The quantitative estimate of drug-likeness (QED) is 0.862. The monoisotopic (exact) mass is 309 g/mol. The predicted octanol–water partition coefficient (Wildman–Crippen LogP) is 1.53. The molecule has 110 valence electrons. The number of halogens is 1. The average Bonchev–Trinajstić information content (AvgIpc) is 2.49. The van der Waals surface area contributed by atoms with E-state index in [2.05, 4.69) is 5.32 Å². The molecule has 8 heteroatoms. The molecule has 21 heavy (non-hydrogen) atoms. The van der Waals surface area contributed by atoms with Crippen molar-refractivity contribution in [1.29, 1.82) is 5.26 Å². The summed E-state index contributed by atoms with van der Waals surface area (Å²) in [6, 6.07) is 4.75. The second-order valence-electron chi connectivity index (χ2n) is 4.36. The van der Waals surface area contributed by atoms with Gasteiger partial charge in [-0.25, -0.2) is 9.59 Å². The highest BCUT2D eigenvalue weighted by molar-refractivity contribution is 6.33. The van der Waals surface area contributed by atoms with Crippen molar-refractivity contribution in [2.24, 2.45) is 0 Å². The summed E-state index contributed by atoms with van der Waals surface area (Å²) in [5.41, 5.74) is 0.684. The van der Waals surface area contributed by atoms with Crippen molar-refractivity contribution in [2.75, 3.05) is 25.1 Å². The number of ether oxygens (including phenoxy) is 1. The van der Waals surface area contributed by atoms with Crippen LogP contribution in [0.1, 0.15) is 5.56 Å². The molecule has 1 aromatic carbocycles. The summed E-state index contributed by atoms with van der Waals surface area (Å²) in [6.45, 7) is 0.402. The lowest BCUT2D eigenvalue weighted by Gasteiger charge is -2.32. The molecule has 7 nitrogen and oxygen atoms in total. The first-order chi connectivity index (χ1) is 10.0. The number of carbonyl (C=O) groups is 2. The number of urea groups is 1. The van der Waals surface area contributed by atoms with Crippen molar-refractivity contribution in [3.63, 3.8) is 0 Å². The van der Waals surface area contributed by atoms with Crippen LogP contribution in [0.4, 0.5) is 10.5 Å². The van der Waals surface area contributed by atoms with Crippen molar-refractivity contribution in [3.8, 4) is 6.07 Å². The molecule has 2 rings (SSSR count). The van der Waals surface area contributed by atoms with E-state index in [0.29, 0.717) is 11.3 Å². The Kier molecular flexibility index (Phi) is 4.62. The normalized spacial score (nSPS) is 17.9. The van der Waals surface area contributed by atoms with Gasteiger partial charge in [-0.1, -0.05) is 11.6 Å². The Morgan fingerprint density at radius 2 is 2.29 bits per heavy atom. The lowest BCUT2D eigenvalue weighted by Crippen LogP contribution is -2.53. The minimum atomic E-state index is -1.13. The SMILES string of the molecule is N#Cc1ccc(NC(=O)N2CCOCC2C(=O)O)c(Cl)c1. The number of anilines is 1. The number of carboxylic acid groups (broad SMARTS) is 1. The maximum absolute atomic E-state index is 12.2. The molecule has 1 aromatic rings. The molecule has 1 saturated heterocycles. The third-order valence-corrected chi connectivity index (χ3v) is 3.33. The van der Waals surface area contributed by atoms with Crippen LogP contribution in [-0.2, 0) is 9.53 Å². The van der Waals surface area contributed by atoms with Gasteiger partial charge < -0.3 is 20.1 Å². The molecule has 1 aliphatic heterocycles. The number of carboxylic acids is 1. The van der Waals surface area contributed by atoms with Crippen LogP contribution in [0, 0.1) is 11.3 Å². The molecule has 0 radical (unpaired) electrons. The van der Waals surface area contributed by atoms with Gasteiger partial charge >= 0.3 is 12.0 Å². The van der Waals surface area contributed by atoms with Crippen LogP contribution >= 0.6 is 11.6 Å². The minimum Gasteiger partial charge on any atom is -0.480 e. The number of benzene rings is 1. The largest absolute Gasteiger partial charge is 0.480 e. The fourth-order valence-corrected chi connectivity index (χ4v) is 2.15. The van der Waals surface area contributed by atoms with Crippen LogP contribution in [0.15, 0.2) is 18.2 Å². The van der Waals surface area contributed by atoms with Crippen LogP contribution in [0.5, 0.6) is 0 Å². The first-order valence-electron chi connectivity index (χ1n) is 6.10. The lowest BCUT2D eigenvalue weighted by molar-refractivity contribution is -0.147. The van der Waals surface area contributed by atoms with Crippen molar-refractivity contribution in [1.82, 2.24) is 4.90 Å². The molecule has 2 amide bonds. The molecule has 1 heterocycles. The predicted molar refractivity (Wildman–Crippen MR) is 74.1 cm³/mol. The van der Waals surface area contributed by atoms with Gasteiger partial charge in [-0.15, -0.1) is 0 Å². The number of aliphatic carboxylic acids is 1. The van der Waals surface area contributed by atoms with E-state index < -0.39 is 18.0 Å². The fraction of sp³-hybridized carbons (Fsp3) is 0.308. The Morgan fingerprint density at radius 1 is 1.52 bits per heavy atom. The van der Waals surface area contributed by atoms with Crippen LogP contribution in [0.3, 0.4) is 0 Å². The summed E-state index contributed by atoms with van der Waals surface area (Å²) in [5.74, 6) is -1.13. The maximum atomic E-state index is 12.2. The number of hydrogen-bond donors (Lipinski definition) is 2. The molecular weight excluding hydrogens is 298 g/mol. The van der Waals surface area contributed by atoms with E-state index in [1.807, 2.05) is 6.07 Å². The van der Waals surface area contributed by atoms with E-state index in [1.54, 1.807) is 0 Å². The number of rotatable bonds is 2. The summed E-state index contributed by atoms with van der Waals surface area (Å²) < 4.78 is 5.06. The van der Waals surface area contributed by atoms with Gasteiger partial charge in [-0.05, 0) is 18.2 Å². The Morgan fingerprint density at radius 3 is 2.90 bits per heavy atom. The summed E-state index contributed by atoms with van der Waals surface area (Å²) in [4.78, 5) is 24.5. The van der Waals surface area contributed by atoms with Crippen molar-refractivity contribution >= 4 is 29.3 Å². The zero-order valence-electron chi connectivity index (χ0n) is 10.9. The Bertz CT molecular complexity index is 614. The highest BCUT2D eigenvalue weighted by atomic mass is 35.5.